The van der Waals surface area contributed by atoms with E-state index in [2.05, 4.69) is 16.2 Å². The first kappa shape index (κ1) is 14.5. The number of carbonyl (C=O) groups excluding carboxylic acids is 1. The number of aromatic nitrogens is 1. The molecular weight excluding hydrogens is 240 g/mol. The molecule has 0 spiro atoms. The molecule has 1 aromatic heterocycles. The van der Waals surface area contributed by atoms with Crippen molar-refractivity contribution in [2.24, 2.45) is 0 Å². The summed E-state index contributed by atoms with van der Waals surface area (Å²) in [7, 11) is 1.54. The van der Waals surface area contributed by atoms with Gasteiger partial charge in [-0.1, -0.05) is 11.6 Å². The molecule has 1 aromatic rings. The first-order valence-electron chi connectivity index (χ1n) is 5.74. The zero-order valence-electron chi connectivity index (χ0n) is 11.2. The third-order valence-electron chi connectivity index (χ3n) is 2.13. The van der Waals surface area contributed by atoms with Crippen molar-refractivity contribution in [2.45, 2.75) is 13.8 Å². The molecule has 0 saturated carbocycles. The summed E-state index contributed by atoms with van der Waals surface area (Å²) in [6, 6.07) is 3.17. The van der Waals surface area contributed by atoms with Gasteiger partial charge in [0.1, 0.15) is 11.4 Å². The van der Waals surface area contributed by atoms with E-state index >= 15 is 0 Å². The second-order valence-corrected chi connectivity index (χ2v) is 3.98. The number of amides is 1. The van der Waals surface area contributed by atoms with Crippen LogP contribution in [0.3, 0.4) is 0 Å². The number of terminal acetylenes is 1. The first-order chi connectivity index (χ1) is 9.06. The van der Waals surface area contributed by atoms with Crippen molar-refractivity contribution in [3.8, 4) is 18.1 Å². The number of nitrogens with zero attached hydrogens (tertiary/aromatic N) is 1. The topological polar surface area (TPSA) is 51.2 Å². The van der Waals surface area contributed by atoms with Crippen molar-refractivity contribution in [3.63, 3.8) is 0 Å². The zero-order valence-corrected chi connectivity index (χ0v) is 11.2. The van der Waals surface area contributed by atoms with Crippen LogP contribution in [0.25, 0.3) is 0 Å². The largest absolute Gasteiger partial charge is 0.448 e. The van der Waals surface area contributed by atoms with Crippen molar-refractivity contribution in [1.82, 2.24) is 10.3 Å². The number of hydrogen-bond acceptors (Lipinski definition) is 3. The molecule has 0 bridgehead atoms. The van der Waals surface area contributed by atoms with E-state index in [1.165, 1.54) is 12.3 Å². The Balaban J connectivity index is 2.93. The highest BCUT2D eigenvalue weighted by Gasteiger charge is 2.06. The highest BCUT2D eigenvalue weighted by Crippen LogP contribution is 2.14. The second-order valence-electron chi connectivity index (χ2n) is 3.98. The van der Waals surface area contributed by atoms with Gasteiger partial charge in [-0.3, -0.25) is 9.78 Å². The van der Waals surface area contributed by atoms with E-state index in [1.54, 1.807) is 19.2 Å². The summed E-state index contributed by atoms with van der Waals surface area (Å²) >= 11 is 0. The second kappa shape index (κ2) is 7.02. The SMILES string of the molecule is C#C/C(=C\C=C(C)C)Oc1ccnc(C(=O)NC)c1. The Morgan fingerprint density at radius 1 is 1.47 bits per heavy atom. The molecule has 0 aliphatic carbocycles. The smallest absolute Gasteiger partial charge is 0.269 e. The minimum Gasteiger partial charge on any atom is -0.448 e. The lowest BCUT2D eigenvalue weighted by atomic mass is 10.3. The standard InChI is InChI=1S/C15H16N2O2/c1-5-12(7-6-11(2)3)19-13-8-9-17-14(10-13)15(18)16-4/h1,6-10H,2-4H3,(H,16,18)/b12-7+. The van der Waals surface area contributed by atoms with Crippen LogP contribution in [-0.2, 0) is 0 Å². The number of rotatable bonds is 4. The van der Waals surface area contributed by atoms with E-state index in [0.29, 0.717) is 11.5 Å². The van der Waals surface area contributed by atoms with Crippen LogP contribution in [0.5, 0.6) is 5.75 Å². The normalized spacial score (nSPS) is 10.3. The lowest BCUT2D eigenvalue weighted by Crippen LogP contribution is -2.19. The predicted octanol–water partition coefficient (Wildman–Crippen LogP) is 2.30. The Kier molecular flexibility index (Phi) is 5.36. The fourth-order valence-corrected chi connectivity index (χ4v) is 1.21. The predicted molar refractivity (Wildman–Crippen MR) is 74.6 cm³/mol. The molecule has 0 aromatic carbocycles. The van der Waals surface area contributed by atoms with Crippen LogP contribution >= 0.6 is 0 Å². The van der Waals surface area contributed by atoms with Crippen LogP contribution in [0.4, 0.5) is 0 Å². The van der Waals surface area contributed by atoms with Gasteiger partial charge >= 0.3 is 0 Å². The van der Waals surface area contributed by atoms with Gasteiger partial charge in [0.25, 0.3) is 5.91 Å². The summed E-state index contributed by atoms with van der Waals surface area (Å²) in [5, 5.41) is 2.49. The highest BCUT2D eigenvalue weighted by molar-refractivity contribution is 5.92. The first-order valence-corrected chi connectivity index (χ1v) is 5.74. The maximum Gasteiger partial charge on any atom is 0.269 e. The fourth-order valence-electron chi connectivity index (χ4n) is 1.21. The minimum absolute atomic E-state index is 0.276. The lowest BCUT2D eigenvalue weighted by molar-refractivity contribution is 0.0958. The van der Waals surface area contributed by atoms with Crippen molar-refractivity contribution in [2.75, 3.05) is 7.05 Å². The zero-order chi connectivity index (χ0) is 14.3. The molecule has 0 aliphatic rings. The Morgan fingerprint density at radius 3 is 2.79 bits per heavy atom. The molecule has 1 rings (SSSR count). The number of pyridine rings is 1. The van der Waals surface area contributed by atoms with Gasteiger partial charge in [0, 0.05) is 19.3 Å². The van der Waals surface area contributed by atoms with Crippen LogP contribution in [0.15, 0.2) is 41.8 Å². The molecule has 98 valence electrons. The summed E-state index contributed by atoms with van der Waals surface area (Å²) in [4.78, 5) is 15.4. The summed E-state index contributed by atoms with van der Waals surface area (Å²) in [6.45, 7) is 3.92. The van der Waals surface area contributed by atoms with Crippen molar-refractivity contribution in [1.29, 1.82) is 0 Å². The van der Waals surface area contributed by atoms with E-state index in [0.717, 1.165) is 5.57 Å². The number of ether oxygens (including phenoxy) is 1. The van der Waals surface area contributed by atoms with Gasteiger partial charge in [-0.15, -0.1) is 6.42 Å². The quantitative estimate of drug-likeness (QED) is 0.511. The molecule has 0 fully saturated rings. The average Bonchev–Trinajstić information content (AvgIpc) is 2.42. The van der Waals surface area contributed by atoms with Gasteiger partial charge in [0.05, 0.1) is 0 Å². The summed E-state index contributed by atoms with van der Waals surface area (Å²) < 4.78 is 5.51. The van der Waals surface area contributed by atoms with Gasteiger partial charge < -0.3 is 10.1 Å². The Hall–Kier alpha value is -2.54. The summed E-state index contributed by atoms with van der Waals surface area (Å²) in [5.41, 5.74) is 1.38. The maximum absolute atomic E-state index is 11.4. The highest BCUT2D eigenvalue weighted by atomic mass is 16.5. The van der Waals surface area contributed by atoms with Crippen LogP contribution in [0.1, 0.15) is 24.3 Å². The lowest BCUT2D eigenvalue weighted by Gasteiger charge is -2.05. The fraction of sp³-hybridized carbons (Fsp3) is 0.200. The van der Waals surface area contributed by atoms with E-state index in [9.17, 15) is 4.79 Å². The Bertz CT molecular complexity index is 562. The molecule has 1 N–H and O–H groups in total. The molecule has 1 amide bonds. The van der Waals surface area contributed by atoms with Crippen molar-refractivity contribution in [3.05, 3.63) is 47.5 Å². The van der Waals surface area contributed by atoms with Gasteiger partial charge in [-0.05, 0) is 31.9 Å². The van der Waals surface area contributed by atoms with Gasteiger partial charge in [0.15, 0.2) is 5.76 Å². The molecule has 0 radical (unpaired) electrons. The van der Waals surface area contributed by atoms with E-state index in [-0.39, 0.29) is 11.6 Å². The van der Waals surface area contributed by atoms with Gasteiger partial charge in [-0.25, -0.2) is 0 Å². The molecule has 0 unspecified atom stereocenters. The maximum atomic E-state index is 11.4. The van der Waals surface area contributed by atoms with E-state index < -0.39 is 0 Å². The van der Waals surface area contributed by atoms with Crippen LogP contribution in [0, 0.1) is 12.3 Å². The monoisotopic (exact) mass is 256 g/mol. The van der Waals surface area contributed by atoms with Crippen LogP contribution < -0.4 is 10.1 Å². The van der Waals surface area contributed by atoms with Crippen molar-refractivity contribution >= 4 is 5.91 Å². The van der Waals surface area contributed by atoms with Crippen molar-refractivity contribution < 1.29 is 9.53 Å². The molecular formula is C15H16N2O2. The molecule has 0 atom stereocenters. The molecule has 0 saturated heterocycles. The third-order valence-corrected chi connectivity index (χ3v) is 2.13. The summed E-state index contributed by atoms with van der Waals surface area (Å²) in [5.74, 6) is 3.01. The number of carbonyl (C=O) groups is 1. The average molecular weight is 256 g/mol. The minimum atomic E-state index is -0.277. The number of hydrogen-bond donors (Lipinski definition) is 1. The number of allylic oxidation sites excluding steroid dienone is 4. The number of nitrogens with one attached hydrogen (secondary N) is 1. The van der Waals surface area contributed by atoms with Gasteiger partial charge in [0.2, 0.25) is 0 Å². The third kappa shape index (κ3) is 4.68. The van der Waals surface area contributed by atoms with E-state index in [4.69, 9.17) is 11.2 Å². The summed E-state index contributed by atoms with van der Waals surface area (Å²) in [6.07, 6.45) is 10.4. The molecule has 19 heavy (non-hydrogen) atoms. The molecule has 4 heteroatoms. The van der Waals surface area contributed by atoms with Crippen LogP contribution in [0.2, 0.25) is 0 Å². The molecule has 1 heterocycles. The molecule has 4 nitrogen and oxygen atoms in total. The van der Waals surface area contributed by atoms with Gasteiger partial charge in [-0.2, -0.15) is 0 Å². The Labute approximate surface area is 113 Å². The van der Waals surface area contributed by atoms with E-state index in [1.807, 2.05) is 19.9 Å². The molecule has 0 aliphatic heterocycles. The Morgan fingerprint density at radius 2 is 2.21 bits per heavy atom. The van der Waals surface area contributed by atoms with Crippen LogP contribution in [-0.4, -0.2) is 17.9 Å².